The zero-order valence-corrected chi connectivity index (χ0v) is 16.4. The van der Waals surface area contributed by atoms with Crippen molar-refractivity contribution < 1.29 is 4.39 Å². The molecular formula is C22H27FN4. The quantitative estimate of drug-likeness (QED) is 0.804. The van der Waals surface area contributed by atoms with Crippen molar-refractivity contribution in [2.24, 2.45) is 5.92 Å². The van der Waals surface area contributed by atoms with Crippen LogP contribution in [0.4, 0.5) is 10.1 Å². The summed E-state index contributed by atoms with van der Waals surface area (Å²) in [5, 5.41) is 9.44. The SMILES string of the molecule is Cc1ccnc(CN2CCN(c3cc(CC(C)C)cc(F)c3C#N)CC2)c1. The molecule has 142 valence electrons. The normalized spacial score (nSPS) is 15.2. The minimum atomic E-state index is -0.406. The largest absolute Gasteiger partial charge is 0.368 e. The van der Waals surface area contributed by atoms with Crippen molar-refractivity contribution in [2.45, 2.75) is 33.7 Å². The third-order valence-corrected chi connectivity index (χ3v) is 4.96. The average Bonchev–Trinajstić information content (AvgIpc) is 2.61. The van der Waals surface area contributed by atoms with Crippen LogP contribution in [0.5, 0.6) is 0 Å². The Kier molecular flexibility index (Phi) is 6.08. The van der Waals surface area contributed by atoms with Crippen LogP contribution in [-0.4, -0.2) is 36.1 Å². The fraction of sp³-hybridized carbons (Fsp3) is 0.455. The Morgan fingerprint density at radius 2 is 1.93 bits per heavy atom. The van der Waals surface area contributed by atoms with E-state index in [-0.39, 0.29) is 5.56 Å². The molecule has 0 unspecified atom stereocenters. The lowest BCUT2D eigenvalue weighted by Crippen LogP contribution is -2.46. The average molecular weight is 366 g/mol. The van der Waals surface area contributed by atoms with Crippen LogP contribution in [0.1, 0.15) is 36.2 Å². The number of rotatable bonds is 5. The van der Waals surface area contributed by atoms with Gasteiger partial charge >= 0.3 is 0 Å². The van der Waals surface area contributed by atoms with E-state index in [1.54, 1.807) is 0 Å². The van der Waals surface area contributed by atoms with E-state index in [1.165, 1.54) is 11.6 Å². The standard InChI is InChI=1S/C22H27FN4/c1-16(2)10-18-12-21(23)20(14-24)22(13-18)27-8-6-26(7-9-27)15-19-11-17(3)4-5-25-19/h4-5,11-13,16H,6-10,15H2,1-3H3. The van der Waals surface area contributed by atoms with Gasteiger partial charge in [-0.1, -0.05) is 13.8 Å². The van der Waals surface area contributed by atoms with Crippen LogP contribution in [0.25, 0.3) is 0 Å². The Balaban J connectivity index is 1.71. The van der Waals surface area contributed by atoms with Crippen molar-refractivity contribution in [3.8, 4) is 6.07 Å². The molecule has 1 aromatic heterocycles. The van der Waals surface area contributed by atoms with E-state index in [0.717, 1.165) is 56.1 Å². The lowest BCUT2D eigenvalue weighted by Gasteiger charge is -2.36. The number of piperazine rings is 1. The van der Waals surface area contributed by atoms with Gasteiger partial charge in [-0.05, 0) is 54.7 Å². The number of nitriles is 1. The van der Waals surface area contributed by atoms with Gasteiger partial charge in [0.25, 0.3) is 0 Å². The first-order valence-corrected chi connectivity index (χ1v) is 9.57. The molecular weight excluding hydrogens is 339 g/mol. The monoisotopic (exact) mass is 366 g/mol. The van der Waals surface area contributed by atoms with Crippen molar-refractivity contribution in [1.82, 2.24) is 9.88 Å². The van der Waals surface area contributed by atoms with Crippen molar-refractivity contribution in [3.05, 3.63) is 58.7 Å². The second-order valence-electron chi connectivity index (χ2n) is 7.77. The van der Waals surface area contributed by atoms with Gasteiger partial charge in [-0.2, -0.15) is 5.26 Å². The molecule has 0 N–H and O–H groups in total. The third kappa shape index (κ3) is 4.84. The number of aromatic nitrogens is 1. The molecule has 1 aromatic carbocycles. The first-order valence-electron chi connectivity index (χ1n) is 9.57. The Morgan fingerprint density at radius 1 is 1.19 bits per heavy atom. The van der Waals surface area contributed by atoms with Gasteiger partial charge in [0.05, 0.1) is 11.4 Å². The van der Waals surface area contributed by atoms with Gasteiger partial charge in [0, 0.05) is 38.9 Å². The van der Waals surface area contributed by atoms with Crippen LogP contribution in [0, 0.1) is 30.0 Å². The molecule has 0 bridgehead atoms. The number of hydrogen-bond acceptors (Lipinski definition) is 4. The molecule has 1 aliphatic rings. The summed E-state index contributed by atoms with van der Waals surface area (Å²) in [5.74, 6) is 0.0425. The number of benzene rings is 1. The number of pyridine rings is 1. The molecule has 4 nitrogen and oxygen atoms in total. The summed E-state index contributed by atoms with van der Waals surface area (Å²) < 4.78 is 14.5. The minimum Gasteiger partial charge on any atom is -0.368 e. The van der Waals surface area contributed by atoms with E-state index in [2.05, 4.69) is 47.7 Å². The maximum Gasteiger partial charge on any atom is 0.143 e. The number of hydrogen-bond donors (Lipinski definition) is 0. The third-order valence-electron chi connectivity index (χ3n) is 4.96. The van der Waals surface area contributed by atoms with Crippen LogP contribution in [0.3, 0.4) is 0 Å². The Labute approximate surface area is 161 Å². The fourth-order valence-corrected chi connectivity index (χ4v) is 3.66. The summed E-state index contributed by atoms with van der Waals surface area (Å²) >= 11 is 0. The molecule has 0 spiro atoms. The smallest absolute Gasteiger partial charge is 0.143 e. The molecule has 5 heteroatoms. The molecule has 0 radical (unpaired) electrons. The summed E-state index contributed by atoms with van der Waals surface area (Å²) in [6, 6.07) is 9.69. The molecule has 27 heavy (non-hydrogen) atoms. The Hall–Kier alpha value is -2.45. The van der Waals surface area contributed by atoms with E-state index in [1.807, 2.05) is 18.3 Å². The molecule has 1 aliphatic heterocycles. The highest BCUT2D eigenvalue weighted by Gasteiger charge is 2.22. The van der Waals surface area contributed by atoms with E-state index in [0.29, 0.717) is 5.92 Å². The van der Waals surface area contributed by atoms with Crippen LogP contribution in [0.15, 0.2) is 30.5 Å². The van der Waals surface area contributed by atoms with Crippen LogP contribution in [0.2, 0.25) is 0 Å². The van der Waals surface area contributed by atoms with Crippen molar-refractivity contribution in [1.29, 1.82) is 5.26 Å². The van der Waals surface area contributed by atoms with Crippen molar-refractivity contribution in [3.63, 3.8) is 0 Å². The molecule has 0 saturated carbocycles. The lowest BCUT2D eigenvalue weighted by atomic mass is 9.99. The molecule has 0 amide bonds. The Bertz CT molecular complexity index is 833. The maximum absolute atomic E-state index is 14.5. The van der Waals surface area contributed by atoms with Gasteiger partial charge < -0.3 is 4.90 Å². The van der Waals surface area contributed by atoms with E-state index in [4.69, 9.17) is 0 Å². The fourth-order valence-electron chi connectivity index (χ4n) is 3.66. The topological polar surface area (TPSA) is 43.2 Å². The van der Waals surface area contributed by atoms with Gasteiger partial charge in [0.15, 0.2) is 0 Å². The van der Waals surface area contributed by atoms with Crippen LogP contribution < -0.4 is 4.90 Å². The first kappa shape index (κ1) is 19.3. The van der Waals surface area contributed by atoms with E-state index < -0.39 is 5.82 Å². The molecule has 0 aliphatic carbocycles. The highest BCUT2D eigenvalue weighted by molar-refractivity contribution is 5.62. The predicted octanol–water partition coefficient (Wildman–Crippen LogP) is 3.92. The van der Waals surface area contributed by atoms with Crippen molar-refractivity contribution >= 4 is 5.69 Å². The van der Waals surface area contributed by atoms with Crippen molar-refractivity contribution in [2.75, 3.05) is 31.1 Å². The predicted molar refractivity (Wildman–Crippen MR) is 106 cm³/mol. The minimum absolute atomic E-state index is 0.163. The van der Waals surface area contributed by atoms with Gasteiger partial charge in [-0.15, -0.1) is 0 Å². The number of nitrogens with zero attached hydrogens (tertiary/aromatic N) is 4. The van der Waals surface area contributed by atoms with Gasteiger partial charge in [-0.25, -0.2) is 4.39 Å². The molecule has 1 saturated heterocycles. The van der Waals surface area contributed by atoms with E-state index in [9.17, 15) is 9.65 Å². The van der Waals surface area contributed by atoms with Gasteiger partial charge in [0.1, 0.15) is 17.4 Å². The van der Waals surface area contributed by atoms with Crippen LogP contribution >= 0.6 is 0 Å². The molecule has 2 heterocycles. The highest BCUT2D eigenvalue weighted by atomic mass is 19.1. The van der Waals surface area contributed by atoms with E-state index >= 15 is 0 Å². The molecule has 1 fully saturated rings. The molecule has 2 aromatic rings. The number of aryl methyl sites for hydroxylation is 1. The summed E-state index contributed by atoms with van der Waals surface area (Å²) in [6.07, 6.45) is 2.66. The number of halogens is 1. The zero-order valence-electron chi connectivity index (χ0n) is 16.4. The van der Waals surface area contributed by atoms with Gasteiger partial charge in [0.2, 0.25) is 0 Å². The summed E-state index contributed by atoms with van der Waals surface area (Å²) in [5.41, 5.74) is 4.15. The molecule has 3 rings (SSSR count). The van der Waals surface area contributed by atoms with Crippen LogP contribution in [-0.2, 0) is 13.0 Å². The second kappa shape index (κ2) is 8.49. The first-order chi connectivity index (χ1) is 13.0. The molecule has 0 atom stereocenters. The summed E-state index contributed by atoms with van der Waals surface area (Å²) in [7, 11) is 0. The number of anilines is 1. The zero-order chi connectivity index (χ0) is 19.4. The lowest BCUT2D eigenvalue weighted by molar-refractivity contribution is 0.247. The maximum atomic E-state index is 14.5. The van der Waals surface area contributed by atoms with Gasteiger partial charge in [-0.3, -0.25) is 9.88 Å². The Morgan fingerprint density at radius 3 is 2.56 bits per heavy atom. The summed E-state index contributed by atoms with van der Waals surface area (Å²) in [6.45, 7) is 10.4. The highest BCUT2D eigenvalue weighted by Crippen LogP contribution is 2.27. The summed E-state index contributed by atoms with van der Waals surface area (Å²) in [4.78, 5) is 8.95. The second-order valence-corrected chi connectivity index (χ2v) is 7.77.